The van der Waals surface area contributed by atoms with E-state index in [1.54, 1.807) is 11.0 Å². The van der Waals surface area contributed by atoms with Crippen LogP contribution in [0.15, 0.2) is 18.2 Å². The van der Waals surface area contributed by atoms with Gasteiger partial charge >= 0.3 is 0 Å². The molecule has 1 amide bonds. The Balaban J connectivity index is 2.31. The number of carbonyl (C=O) groups is 2. The highest BCUT2D eigenvalue weighted by molar-refractivity contribution is 6.00. The van der Waals surface area contributed by atoms with Crippen molar-refractivity contribution in [2.45, 2.75) is 20.3 Å². The molecular weight excluding hydrogens is 228 g/mol. The number of nitrogens with two attached hydrogens (primary N) is 1. The number of hydrogen-bond acceptors (Lipinski definition) is 3. The third-order valence-corrected chi connectivity index (χ3v) is 3.24. The van der Waals surface area contributed by atoms with E-state index in [-0.39, 0.29) is 24.2 Å². The van der Waals surface area contributed by atoms with Crippen LogP contribution in [0.25, 0.3) is 0 Å². The lowest BCUT2D eigenvalue weighted by Crippen LogP contribution is -2.32. The molecule has 1 aliphatic rings. The van der Waals surface area contributed by atoms with Crippen LogP contribution in [0.3, 0.4) is 0 Å². The average Bonchev–Trinajstić information content (AvgIpc) is 2.79. The zero-order valence-electron chi connectivity index (χ0n) is 10.8. The number of benzene rings is 1. The second kappa shape index (κ2) is 4.90. The van der Waals surface area contributed by atoms with E-state index in [0.717, 1.165) is 17.7 Å². The van der Waals surface area contributed by atoms with Crippen molar-refractivity contribution in [1.82, 2.24) is 0 Å². The fraction of sp³-hybridized carbons (Fsp3) is 0.429. The van der Waals surface area contributed by atoms with Crippen LogP contribution in [-0.4, -0.2) is 24.8 Å². The van der Waals surface area contributed by atoms with Crippen LogP contribution in [0.4, 0.5) is 5.69 Å². The molecule has 0 unspecified atom stereocenters. The summed E-state index contributed by atoms with van der Waals surface area (Å²) in [6, 6.07) is 5.46. The first-order valence-corrected chi connectivity index (χ1v) is 6.22. The number of amides is 1. The molecule has 0 atom stereocenters. The van der Waals surface area contributed by atoms with Crippen LogP contribution in [0.5, 0.6) is 0 Å². The maximum absolute atomic E-state index is 12.0. The second-order valence-corrected chi connectivity index (χ2v) is 4.87. The van der Waals surface area contributed by atoms with Crippen LogP contribution in [0.1, 0.15) is 29.8 Å². The number of Topliss-reactive ketones (excluding diaryl/α,β-unsaturated/α-hetero) is 1. The van der Waals surface area contributed by atoms with Gasteiger partial charge in [-0.25, -0.2) is 0 Å². The molecule has 1 heterocycles. The van der Waals surface area contributed by atoms with Gasteiger partial charge in [0, 0.05) is 23.7 Å². The molecule has 1 aromatic carbocycles. The Morgan fingerprint density at radius 1 is 1.39 bits per heavy atom. The van der Waals surface area contributed by atoms with Gasteiger partial charge in [0.2, 0.25) is 5.91 Å². The van der Waals surface area contributed by atoms with E-state index < -0.39 is 0 Å². The van der Waals surface area contributed by atoms with Gasteiger partial charge in [-0.2, -0.15) is 0 Å². The van der Waals surface area contributed by atoms with E-state index in [1.807, 2.05) is 26.0 Å². The number of ketones is 1. The number of hydrogen-bond donors (Lipinski definition) is 1. The van der Waals surface area contributed by atoms with Crippen molar-refractivity contribution in [3.63, 3.8) is 0 Å². The molecule has 0 bridgehead atoms. The van der Waals surface area contributed by atoms with Gasteiger partial charge in [0.05, 0.1) is 6.54 Å². The van der Waals surface area contributed by atoms with Crippen LogP contribution in [0.2, 0.25) is 0 Å². The smallest absolute Gasteiger partial charge is 0.229 e. The Morgan fingerprint density at radius 3 is 2.72 bits per heavy atom. The monoisotopic (exact) mass is 246 g/mol. The molecule has 0 fully saturated rings. The van der Waals surface area contributed by atoms with Gasteiger partial charge in [-0.15, -0.1) is 0 Å². The van der Waals surface area contributed by atoms with Gasteiger partial charge in [-0.05, 0) is 30.2 Å². The highest BCUT2D eigenvalue weighted by Gasteiger charge is 2.26. The Morgan fingerprint density at radius 2 is 2.11 bits per heavy atom. The zero-order valence-corrected chi connectivity index (χ0v) is 10.8. The molecule has 0 spiro atoms. The zero-order chi connectivity index (χ0) is 13.3. The molecule has 96 valence electrons. The quantitative estimate of drug-likeness (QED) is 0.819. The van der Waals surface area contributed by atoms with E-state index >= 15 is 0 Å². The Kier molecular flexibility index (Phi) is 3.48. The molecule has 1 aliphatic heterocycles. The van der Waals surface area contributed by atoms with E-state index in [9.17, 15) is 9.59 Å². The minimum Gasteiger partial charge on any atom is -0.324 e. The van der Waals surface area contributed by atoms with Crippen LogP contribution >= 0.6 is 0 Å². The highest BCUT2D eigenvalue weighted by atomic mass is 16.2. The van der Waals surface area contributed by atoms with Crippen LogP contribution in [0, 0.1) is 5.92 Å². The summed E-state index contributed by atoms with van der Waals surface area (Å²) >= 11 is 0. The summed E-state index contributed by atoms with van der Waals surface area (Å²) in [5.74, 6) is 0.0550. The first-order valence-electron chi connectivity index (χ1n) is 6.22. The molecule has 0 radical (unpaired) electrons. The van der Waals surface area contributed by atoms with Gasteiger partial charge in [0.25, 0.3) is 0 Å². The van der Waals surface area contributed by atoms with E-state index in [4.69, 9.17) is 5.73 Å². The highest BCUT2D eigenvalue weighted by Crippen LogP contribution is 2.30. The number of anilines is 1. The standard InChI is InChI=1S/C14H18N2O2/c1-9(2)14(18)16-6-5-10-7-11(13(17)8-15)3-4-12(10)16/h3-4,7,9H,5-6,8,15H2,1-2H3. The van der Waals surface area contributed by atoms with Crippen molar-refractivity contribution in [2.24, 2.45) is 11.7 Å². The summed E-state index contributed by atoms with van der Waals surface area (Å²) < 4.78 is 0. The predicted molar refractivity (Wildman–Crippen MR) is 70.7 cm³/mol. The average molecular weight is 246 g/mol. The lowest BCUT2D eigenvalue weighted by atomic mass is 10.1. The van der Waals surface area contributed by atoms with Crippen molar-refractivity contribution in [2.75, 3.05) is 18.0 Å². The van der Waals surface area contributed by atoms with Crippen molar-refractivity contribution < 1.29 is 9.59 Å². The fourth-order valence-corrected chi connectivity index (χ4v) is 2.23. The van der Waals surface area contributed by atoms with Gasteiger partial charge in [0.15, 0.2) is 5.78 Å². The van der Waals surface area contributed by atoms with Crippen molar-refractivity contribution in [1.29, 1.82) is 0 Å². The van der Waals surface area contributed by atoms with Crippen LogP contribution < -0.4 is 10.6 Å². The SMILES string of the molecule is CC(C)C(=O)N1CCc2cc(C(=O)CN)ccc21. The van der Waals surface area contributed by atoms with E-state index in [2.05, 4.69) is 0 Å². The molecular formula is C14H18N2O2. The largest absolute Gasteiger partial charge is 0.324 e. The van der Waals surface area contributed by atoms with Gasteiger partial charge < -0.3 is 10.6 Å². The summed E-state index contributed by atoms with van der Waals surface area (Å²) in [5.41, 5.74) is 7.98. The van der Waals surface area contributed by atoms with Gasteiger partial charge in [-0.3, -0.25) is 9.59 Å². The maximum atomic E-state index is 12.0. The summed E-state index contributed by atoms with van der Waals surface area (Å²) in [5, 5.41) is 0. The first-order chi connectivity index (χ1) is 8.54. The fourth-order valence-electron chi connectivity index (χ4n) is 2.23. The Bertz CT molecular complexity index is 495. The van der Waals surface area contributed by atoms with Gasteiger partial charge in [0.1, 0.15) is 0 Å². The normalized spacial score (nSPS) is 13.9. The van der Waals surface area contributed by atoms with Crippen LogP contribution in [-0.2, 0) is 11.2 Å². The second-order valence-electron chi connectivity index (χ2n) is 4.87. The number of nitrogens with zero attached hydrogens (tertiary/aromatic N) is 1. The van der Waals surface area contributed by atoms with E-state index in [1.165, 1.54) is 0 Å². The summed E-state index contributed by atoms with van der Waals surface area (Å²) in [4.78, 5) is 25.4. The lowest BCUT2D eigenvalue weighted by Gasteiger charge is -2.19. The van der Waals surface area contributed by atoms with Crippen molar-refractivity contribution >= 4 is 17.4 Å². The molecule has 1 aromatic rings. The molecule has 0 aromatic heterocycles. The third-order valence-electron chi connectivity index (χ3n) is 3.24. The van der Waals surface area contributed by atoms with Crippen molar-refractivity contribution in [3.05, 3.63) is 29.3 Å². The minimum atomic E-state index is -0.0635. The predicted octanol–water partition coefficient (Wildman–Crippen LogP) is 1.37. The molecule has 2 rings (SSSR count). The summed E-state index contributed by atoms with van der Waals surface area (Å²) in [7, 11) is 0. The van der Waals surface area contributed by atoms with Crippen molar-refractivity contribution in [3.8, 4) is 0 Å². The van der Waals surface area contributed by atoms with E-state index in [0.29, 0.717) is 12.1 Å². The first kappa shape index (κ1) is 12.8. The summed E-state index contributed by atoms with van der Waals surface area (Å²) in [6.45, 7) is 4.51. The maximum Gasteiger partial charge on any atom is 0.229 e. The lowest BCUT2D eigenvalue weighted by molar-refractivity contribution is -0.121. The minimum absolute atomic E-state index is 0.0127. The number of fused-ring (bicyclic) bond motifs is 1. The topological polar surface area (TPSA) is 63.4 Å². The molecule has 4 heteroatoms. The molecule has 4 nitrogen and oxygen atoms in total. The molecule has 2 N–H and O–H groups in total. The Labute approximate surface area is 107 Å². The number of rotatable bonds is 3. The summed E-state index contributed by atoms with van der Waals surface area (Å²) in [6.07, 6.45) is 0.805. The molecule has 18 heavy (non-hydrogen) atoms. The van der Waals surface area contributed by atoms with Gasteiger partial charge in [-0.1, -0.05) is 13.8 Å². The Hall–Kier alpha value is -1.68. The molecule has 0 saturated heterocycles. The number of carbonyl (C=O) groups excluding carboxylic acids is 2. The molecule has 0 saturated carbocycles. The molecule has 0 aliphatic carbocycles. The third kappa shape index (κ3) is 2.16.